The van der Waals surface area contributed by atoms with E-state index >= 15 is 0 Å². The van der Waals surface area contributed by atoms with Gasteiger partial charge in [-0.05, 0) is 93.0 Å². The standard InChI is InChI=1S/C50H31NOS/c1-2-11-34(12-3-1)40-16-8-14-35-24-28-46-49(48(35)40)43-31-39(27-29-45(43)52-46)51(44-18-9-17-42-41-15-6-7-19-47(41)53-50(42)44)38-25-22-33(23-26-38)37-21-20-32-10-4-5-13-36(32)30-37/h1-31H. The van der Waals surface area contributed by atoms with Crippen LogP contribution >= 0.6 is 11.3 Å². The highest BCUT2D eigenvalue weighted by Gasteiger charge is 2.21. The third kappa shape index (κ3) is 4.86. The molecule has 2 heterocycles. The number of furan rings is 1. The maximum atomic E-state index is 6.59. The monoisotopic (exact) mass is 693 g/mol. The molecule has 0 saturated carbocycles. The molecule has 9 aromatic carbocycles. The minimum atomic E-state index is 0.880. The lowest BCUT2D eigenvalue weighted by atomic mass is 9.94. The third-order valence-corrected chi connectivity index (χ3v) is 11.8. The molecule has 11 rings (SSSR count). The Morgan fingerprint density at radius 3 is 2.00 bits per heavy atom. The summed E-state index contributed by atoms with van der Waals surface area (Å²) in [7, 11) is 0. The van der Waals surface area contributed by atoms with E-state index in [0.717, 1.165) is 39.0 Å². The van der Waals surface area contributed by atoms with Crippen molar-refractivity contribution in [3.8, 4) is 22.3 Å². The molecule has 0 fully saturated rings. The summed E-state index contributed by atoms with van der Waals surface area (Å²) in [6.07, 6.45) is 0. The van der Waals surface area contributed by atoms with Crippen LogP contribution in [0.4, 0.5) is 17.1 Å². The fourth-order valence-corrected chi connectivity index (χ4v) is 9.34. The van der Waals surface area contributed by atoms with Crippen LogP contribution in [0.25, 0.3) is 85.9 Å². The Morgan fingerprint density at radius 2 is 1.09 bits per heavy atom. The van der Waals surface area contributed by atoms with Gasteiger partial charge in [-0.1, -0.05) is 133 Å². The molecule has 0 aliphatic carbocycles. The molecule has 0 amide bonds. The average molecular weight is 694 g/mol. The lowest BCUT2D eigenvalue weighted by molar-refractivity contribution is 0.669. The Kier molecular flexibility index (Phi) is 6.76. The molecule has 0 aliphatic heterocycles. The van der Waals surface area contributed by atoms with E-state index < -0.39 is 0 Å². The van der Waals surface area contributed by atoms with E-state index in [-0.39, 0.29) is 0 Å². The SMILES string of the molecule is c1ccc(-c2cccc3ccc4oc5ccc(N(c6ccc(-c7ccc8ccccc8c7)cc6)c6cccc7c6sc6ccccc67)cc5c4c23)cc1. The van der Waals surface area contributed by atoms with Gasteiger partial charge in [-0.2, -0.15) is 0 Å². The number of nitrogens with zero attached hydrogens (tertiary/aromatic N) is 1. The molecule has 0 unspecified atom stereocenters. The maximum Gasteiger partial charge on any atom is 0.136 e. The molecule has 0 bridgehead atoms. The summed E-state index contributed by atoms with van der Waals surface area (Å²) in [4.78, 5) is 2.42. The number of rotatable bonds is 5. The van der Waals surface area contributed by atoms with Crippen molar-refractivity contribution < 1.29 is 4.42 Å². The Bertz CT molecular complexity index is 3170. The fourth-order valence-electron chi connectivity index (χ4n) is 8.14. The smallest absolute Gasteiger partial charge is 0.136 e. The van der Waals surface area contributed by atoms with Crippen LogP contribution in [0.2, 0.25) is 0 Å². The lowest BCUT2D eigenvalue weighted by Crippen LogP contribution is -2.10. The normalized spacial score (nSPS) is 11.8. The van der Waals surface area contributed by atoms with Gasteiger partial charge in [0.15, 0.2) is 0 Å². The first kappa shape index (κ1) is 30.0. The second kappa shape index (κ2) is 11.9. The van der Waals surface area contributed by atoms with Crippen LogP contribution in [0.1, 0.15) is 0 Å². The molecule has 0 atom stereocenters. The Hall–Kier alpha value is -6.68. The molecule has 248 valence electrons. The van der Waals surface area contributed by atoms with Gasteiger partial charge < -0.3 is 9.32 Å². The number of hydrogen-bond acceptors (Lipinski definition) is 3. The number of fused-ring (bicyclic) bond motifs is 9. The van der Waals surface area contributed by atoms with Gasteiger partial charge in [-0.25, -0.2) is 0 Å². The molecule has 11 aromatic rings. The van der Waals surface area contributed by atoms with Gasteiger partial charge in [0.2, 0.25) is 0 Å². The molecule has 2 aromatic heterocycles. The van der Waals surface area contributed by atoms with Crippen LogP contribution in [0.5, 0.6) is 0 Å². The predicted octanol–water partition coefficient (Wildman–Crippen LogP) is 15.1. The van der Waals surface area contributed by atoms with Crippen LogP contribution in [0.3, 0.4) is 0 Å². The maximum absolute atomic E-state index is 6.59. The molecule has 2 nitrogen and oxygen atoms in total. The van der Waals surface area contributed by atoms with Crippen molar-refractivity contribution in [1.82, 2.24) is 0 Å². The van der Waals surface area contributed by atoms with Gasteiger partial charge in [-0.15, -0.1) is 11.3 Å². The van der Waals surface area contributed by atoms with Crippen molar-refractivity contribution in [3.05, 3.63) is 188 Å². The first-order chi connectivity index (χ1) is 26.3. The van der Waals surface area contributed by atoms with Crippen LogP contribution in [-0.4, -0.2) is 0 Å². The van der Waals surface area contributed by atoms with Crippen LogP contribution in [-0.2, 0) is 0 Å². The van der Waals surface area contributed by atoms with Gasteiger partial charge in [-0.3, -0.25) is 0 Å². The Balaban J connectivity index is 1.14. The van der Waals surface area contributed by atoms with E-state index in [0.29, 0.717) is 0 Å². The van der Waals surface area contributed by atoms with Crippen molar-refractivity contribution in [2.24, 2.45) is 0 Å². The van der Waals surface area contributed by atoms with Gasteiger partial charge >= 0.3 is 0 Å². The van der Waals surface area contributed by atoms with Crippen LogP contribution in [0.15, 0.2) is 192 Å². The summed E-state index contributed by atoms with van der Waals surface area (Å²) in [5.74, 6) is 0. The van der Waals surface area contributed by atoms with Gasteiger partial charge in [0.25, 0.3) is 0 Å². The second-order valence-electron chi connectivity index (χ2n) is 13.7. The van der Waals surface area contributed by atoms with E-state index in [1.165, 1.54) is 64.0 Å². The van der Waals surface area contributed by atoms with Gasteiger partial charge in [0.1, 0.15) is 11.2 Å². The zero-order valence-electron chi connectivity index (χ0n) is 28.7. The second-order valence-corrected chi connectivity index (χ2v) is 14.7. The zero-order valence-corrected chi connectivity index (χ0v) is 29.5. The topological polar surface area (TPSA) is 16.4 Å². The number of hydrogen-bond donors (Lipinski definition) is 0. The van der Waals surface area contributed by atoms with Crippen LogP contribution < -0.4 is 4.90 Å². The van der Waals surface area contributed by atoms with Crippen molar-refractivity contribution in [3.63, 3.8) is 0 Å². The number of benzene rings is 9. The Labute approximate surface area is 310 Å². The van der Waals surface area contributed by atoms with Gasteiger partial charge in [0, 0.05) is 43.0 Å². The summed E-state index contributed by atoms with van der Waals surface area (Å²) in [5.41, 5.74) is 9.91. The van der Waals surface area contributed by atoms with Crippen LogP contribution in [0, 0.1) is 0 Å². The number of anilines is 3. The molecule has 3 heteroatoms. The van der Waals surface area contributed by atoms with Crippen molar-refractivity contribution in [2.45, 2.75) is 0 Å². The van der Waals surface area contributed by atoms with E-state index in [9.17, 15) is 0 Å². The zero-order chi connectivity index (χ0) is 34.9. The third-order valence-electron chi connectivity index (χ3n) is 10.6. The van der Waals surface area contributed by atoms with Crippen molar-refractivity contribution in [1.29, 1.82) is 0 Å². The minimum absolute atomic E-state index is 0.880. The summed E-state index contributed by atoms with van der Waals surface area (Å²) < 4.78 is 9.14. The molecule has 53 heavy (non-hydrogen) atoms. The molecule has 0 radical (unpaired) electrons. The summed E-state index contributed by atoms with van der Waals surface area (Å²) in [6, 6.07) is 68.0. The molecule has 0 saturated heterocycles. The summed E-state index contributed by atoms with van der Waals surface area (Å²) in [5, 5.41) is 9.72. The van der Waals surface area contributed by atoms with E-state index in [1.54, 1.807) is 0 Å². The largest absolute Gasteiger partial charge is 0.456 e. The molecular formula is C50H31NOS. The first-order valence-electron chi connectivity index (χ1n) is 18.0. The van der Waals surface area contributed by atoms with Crippen molar-refractivity contribution >= 4 is 92.1 Å². The highest BCUT2D eigenvalue weighted by Crippen LogP contribution is 2.47. The quantitative estimate of drug-likeness (QED) is 0.178. The summed E-state index contributed by atoms with van der Waals surface area (Å²) in [6.45, 7) is 0. The van der Waals surface area contributed by atoms with E-state index in [2.05, 4.69) is 193 Å². The summed E-state index contributed by atoms with van der Waals surface area (Å²) >= 11 is 1.86. The molecule has 0 aliphatic rings. The number of thiophene rings is 1. The van der Waals surface area contributed by atoms with E-state index in [4.69, 9.17) is 4.42 Å². The Morgan fingerprint density at radius 1 is 0.396 bits per heavy atom. The van der Waals surface area contributed by atoms with Gasteiger partial charge in [0.05, 0.1) is 10.4 Å². The fraction of sp³-hybridized carbons (Fsp3) is 0. The van der Waals surface area contributed by atoms with Crippen molar-refractivity contribution in [2.75, 3.05) is 4.90 Å². The molecule has 0 spiro atoms. The predicted molar refractivity (Wildman–Crippen MR) is 227 cm³/mol. The highest BCUT2D eigenvalue weighted by atomic mass is 32.1. The van der Waals surface area contributed by atoms with E-state index in [1.807, 2.05) is 11.3 Å². The molecular weight excluding hydrogens is 663 g/mol. The average Bonchev–Trinajstić information content (AvgIpc) is 3.80. The highest BCUT2D eigenvalue weighted by molar-refractivity contribution is 7.26. The minimum Gasteiger partial charge on any atom is -0.456 e. The molecule has 0 N–H and O–H groups in total. The lowest BCUT2D eigenvalue weighted by Gasteiger charge is -2.26. The first-order valence-corrected chi connectivity index (χ1v) is 18.8.